The Labute approximate surface area is 135 Å². The Kier molecular flexibility index (Phi) is 7.31. The maximum absolute atomic E-state index is 12.6. The lowest BCUT2D eigenvalue weighted by atomic mass is 10.2. The van der Waals surface area contributed by atoms with Crippen LogP contribution in [0.25, 0.3) is 0 Å². The van der Waals surface area contributed by atoms with E-state index in [-0.39, 0.29) is 11.9 Å². The molecular formula is C14H26N4OS2. The molecule has 120 valence electrons. The van der Waals surface area contributed by atoms with Crippen LogP contribution in [0.1, 0.15) is 36.9 Å². The van der Waals surface area contributed by atoms with E-state index in [2.05, 4.69) is 36.9 Å². The van der Waals surface area contributed by atoms with Gasteiger partial charge in [-0.2, -0.15) is 11.8 Å². The molecule has 1 atom stereocenters. The van der Waals surface area contributed by atoms with Crippen molar-refractivity contribution in [1.82, 2.24) is 9.88 Å². The lowest BCUT2D eigenvalue weighted by molar-refractivity contribution is 0.0747. The molecular weight excluding hydrogens is 304 g/mol. The third kappa shape index (κ3) is 4.51. The van der Waals surface area contributed by atoms with Crippen molar-refractivity contribution >= 4 is 40.0 Å². The summed E-state index contributed by atoms with van der Waals surface area (Å²) >= 11 is 3.18. The maximum Gasteiger partial charge on any atom is 0.267 e. The van der Waals surface area contributed by atoms with Gasteiger partial charge in [-0.05, 0) is 39.2 Å². The van der Waals surface area contributed by atoms with Gasteiger partial charge >= 0.3 is 0 Å². The number of rotatable bonds is 8. The van der Waals surface area contributed by atoms with Crippen molar-refractivity contribution in [2.24, 2.45) is 0 Å². The second-order valence-electron chi connectivity index (χ2n) is 4.93. The molecule has 0 aliphatic heterocycles. The molecule has 1 aromatic heterocycles. The van der Waals surface area contributed by atoms with Gasteiger partial charge in [0.2, 0.25) is 0 Å². The third-order valence-electron chi connectivity index (χ3n) is 3.59. The first kappa shape index (κ1) is 18.1. The fourth-order valence-corrected chi connectivity index (χ4v) is 3.62. The Morgan fingerprint density at radius 3 is 2.57 bits per heavy atom. The average molecular weight is 331 g/mol. The molecule has 0 aliphatic rings. The van der Waals surface area contributed by atoms with E-state index in [1.807, 2.05) is 7.05 Å². The highest BCUT2D eigenvalue weighted by atomic mass is 32.2. The van der Waals surface area contributed by atoms with Gasteiger partial charge < -0.3 is 15.5 Å². The molecule has 1 amide bonds. The molecule has 0 spiro atoms. The lowest BCUT2D eigenvalue weighted by Crippen LogP contribution is -2.35. The molecule has 1 heterocycles. The Morgan fingerprint density at radius 1 is 1.43 bits per heavy atom. The molecule has 1 unspecified atom stereocenters. The van der Waals surface area contributed by atoms with Crippen LogP contribution >= 0.6 is 23.1 Å². The summed E-state index contributed by atoms with van der Waals surface area (Å²) in [4.78, 5) is 21.3. The van der Waals surface area contributed by atoms with E-state index in [1.165, 1.54) is 11.3 Å². The zero-order valence-corrected chi connectivity index (χ0v) is 15.2. The number of carbonyl (C=O) groups is 1. The van der Waals surface area contributed by atoms with Crippen molar-refractivity contribution < 1.29 is 4.79 Å². The largest absolute Gasteiger partial charge is 0.382 e. The van der Waals surface area contributed by atoms with E-state index in [1.54, 1.807) is 16.7 Å². The van der Waals surface area contributed by atoms with Gasteiger partial charge in [0.1, 0.15) is 10.7 Å². The van der Waals surface area contributed by atoms with Gasteiger partial charge in [-0.15, -0.1) is 0 Å². The van der Waals surface area contributed by atoms with Gasteiger partial charge in [0.25, 0.3) is 5.91 Å². The van der Waals surface area contributed by atoms with Crippen molar-refractivity contribution in [3.8, 4) is 0 Å². The molecule has 5 nitrogen and oxygen atoms in total. The van der Waals surface area contributed by atoms with Crippen molar-refractivity contribution in [3.63, 3.8) is 0 Å². The van der Waals surface area contributed by atoms with Crippen molar-refractivity contribution in [1.29, 1.82) is 0 Å². The molecule has 0 aromatic carbocycles. The number of anilines is 2. The third-order valence-corrected chi connectivity index (χ3v) is 5.36. The molecule has 1 rings (SSSR count). The summed E-state index contributed by atoms with van der Waals surface area (Å²) in [6, 6.07) is 0.198. The SMILES string of the molecule is CCN(CC)c1nc(N)c(C(=O)N(C)C(C)CCSC)s1. The minimum Gasteiger partial charge on any atom is -0.382 e. The van der Waals surface area contributed by atoms with Crippen LogP contribution in [0.4, 0.5) is 10.9 Å². The highest BCUT2D eigenvalue weighted by Crippen LogP contribution is 2.29. The van der Waals surface area contributed by atoms with Gasteiger partial charge in [0, 0.05) is 26.2 Å². The van der Waals surface area contributed by atoms with Crippen LogP contribution in [0.3, 0.4) is 0 Å². The average Bonchev–Trinajstić information content (AvgIpc) is 2.86. The number of thioether (sulfide) groups is 1. The fourth-order valence-electron chi connectivity index (χ4n) is 1.95. The second kappa shape index (κ2) is 8.48. The molecule has 7 heteroatoms. The first-order valence-corrected chi connectivity index (χ1v) is 9.44. The summed E-state index contributed by atoms with van der Waals surface area (Å²) in [5, 5.41) is 0.825. The van der Waals surface area contributed by atoms with Crippen molar-refractivity contribution in [2.45, 2.75) is 33.2 Å². The summed E-state index contributed by atoms with van der Waals surface area (Å²) in [5.41, 5.74) is 5.95. The van der Waals surface area contributed by atoms with Crippen LogP contribution in [0.2, 0.25) is 0 Å². The Morgan fingerprint density at radius 2 is 2.05 bits per heavy atom. The fraction of sp³-hybridized carbons (Fsp3) is 0.714. The molecule has 0 bridgehead atoms. The van der Waals surface area contributed by atoms with E-state index in [0.29, 0.717) is 10.7 Å². The number of nitrogen functional groups attached to an aromatic ring is 1. The smallest absolute Gasteiger partial charge is 0.267 e. The Hall–Kier alpha value is -0.950. The number of carbonyl (C=O) groups excluding carboxylic acids is 1. The first-order valence-electron chi connectivity index (χ1n) is 7.23. The number of hydrogen-bond donors (Lipinski definition) is 1. The monoisotopic (exact) mass is 330 g/mol. The standard InChI is InChI=1S/C14H26N4OS2/c1-6-18(7-2)14-16-12(15)11(21-14)13(19)17(4)10(3)8-9-20-5/h10H,6-9,15H2,1-5H3. The van der Waals surface area contributed by atoms with Crippen LogP contribution in [0.5, 0.6) is 0 Å². The summed E-state index contributed by atoms with van der Waals surface area (Å²) in [7, 11) is 1.84. The highest BCUT2D eigenvalue weighted by Gasteiger charge is 2.24. The van der Waals surface area contributed by atoms with E-state index < -0.39 is 0 Å². The lowest BCUT2D eigenvalue weighted by Gasteiger charge is -2.24. The number of amides is 1. The highest BCUT2D eigenvalue weighted by molar-refractivity contribution is 7.98. The van der Waals surface area contributed by atoms with Gasteiger partial charge in [-0.1, -0.05) is 11.3 Å². The van der Waals surface area contributed by atoms with Crippen molar-refractivity contribution in [3.05, 3.63) is 4.88 Å². The van der Waals surface area contributed by atoms with Crippen LogP contribution in [-0.4, -0.2) is 54.0 Å². The molecule has 0 radical (unpaired) electrons. The molecule has 1 aromatic rings. The zero-order chi connectivity index (χ0) is 16.0. The number of aromatic nitrogens is 1. The summed E-state index contributed by atoms with van der Waals surface area (Å²) < 4.78 is 0. The van der Waals surface area contributed by atoms with Gasteiger partial charge in [0.05, 0.1) is 0 Å². The maximum atomic E-state index is 12.6. The van der Waals surface area contributed by atoms with Crippen LogP contribution < -0.4 is 10.6 Å². The van der Waals surface area contributed by atoms with Crippen LogP contribution in [0.15, 0.2) is 0 Å². The minimum atomic E-state index is -0.0305. The minimum absolute atomic E-state index is 0.0305. The van der Waals surface area contributed by atoms with Crippen molar-refractivity contribution in [2.75, 3.05) is 42.8 Å². The quantitative estimate of drug-likeness (QED) is 0.794. The summed E-state index contributed by atoms with van der Waals surface area (Å²) in [5.74, 6) is 1.36. The summed E-state index contributed by atoms with van der Waals surface area (Å²) in [6.07, 6.45) is 3.05. The van der Waals surface area contributed by atoms with E-state index in [4.69, 9.17) is 5.73 Å². The molecule has 21 heavy (non-hydrogen) atoms. The number of nitrogens with two attached hydrogens (primary N) is 1. The molecule has 0 fully saturated rings. The molecule has 2 N–H and O–H groups in total. The topological polar surface area (TPSA) is 62.5 Å². The van der Waals surface area contributed by atoms with Crippen LogP contribution in [-0.2, 0) is 0 Å². The molecule has 0 aliphatic carbocycles. The molecule has 0 saturated carbocycles. The second-order valence-corrected chi connectivity index (χ2v) is 6.89. The number of thiazole rings is 1. The predicted molar refractivity (Wildman–Crippen MR) is 94.6 cm³/mol. The van der Waals surface area contributed by atoms with E-state index in [9.17, 15) is 4.79 Å². The normalized spacial score (nSPS) is 12.2. The number of hydrogen-bond acceptors (Lipinski definition) is 6. The zero-order valence-electron chi connectivity index (χ0n) is 13.5. The first-order chi connectivity index (χ1) is 9.96. The Balaban J connectivity index is 2.87. The summed E-state index contributed by atoms with van der Waals surface area (Å²) in [6.45, 7) is 7.92. The van der Waals surface area contributed by atoms with Gasteiger partial charge in [-0.3, -0.25) is 4.79 Å². The number of nitrogens with zero attached hydrogens (tertiary/aromatic N) is 3. The van der Waals surface area contributed by atoms with Gasteiger partial charge in [0.15, 0.2) is 5.13 Å². The van der Waals surface area contributed by atoms with Gasteiger partial charge in [-0.25, -0.2) is 4.98 Å². The Bertz CT molecular complexity index is 460. The van der Waals surface area contributed by atoms with E-state index in [0.717, 1.165) is 30.4 Å². The van der Waals surface area contributed by atoms with E-state index >= 15 is 0 Å². The van der Waals surface area contributed by atoms with Crippen LogP contribution in [0, 0.1) is 0 Å². The molecule has 0 saturated heterocycles. The predicted octanol–water partition coefficient (Wildman–Crippen LogP) is 2.79.